The number of H-pyrrole nitrogens is 1. The first-order valence-electron chi connectivity index (χ1n) is 10.0. The molecule has 11 nitrogen and oxygen atoms in total. The maximum Gasteiger partial charge on any atom is 0.373 e. The fraction of sp³-hybridized carbons (Fsp3) is 0.136. The van der Waals surface area contributed by atoms with Crippen LogP contribution in [0.15, 0.2) is 54.3 Å². The second kappa shape index (κ2) is 12.2. The van der Waals surface area contributed by atoms with Gasteiger partial charge < -0.3 is 25.6 Å². The number of nitrogens with two attached hydrogens (primary N) is 1. The molecule has 2 aromatic carbocycles. The van der Waals surface area contributed by atoms with Crippen molar-refractivity contribution < 1.29 is 28.6 Å². The van der Waals surface area contributed by atoms with Crippen LogP contribution >= 0.6 is 11.3 Å². The van der Waals surface area contributed by atoms with E-state index in [0.29, 0.717) is 27.5 Å². The predicted octanol–water partition coefficient (Wildman–Crippen LogP) is 2.97. The third-order valence-corrected chi connectivity index (χ3v) is 5.21. The average Bonchev–Trinajstić information content (AvgIpc) is 3.56. The second-order valence-corrected chi connectivity index (χ2v) is 7.57. The van der Waals surface area contributed by atoms with Gasteiger partial charge in [-0.2, -0.15) is 5.10 Å². The zero-order valence-electron chi connectivity index (χ0n) is 18.4. The maximum absolute atomic E-state index is 14.0. The van der Waals surface area contributed by atoms with E-state index < -0.39 is 17.7 Å². The number of aromatic nitrogens is 4. The molecule has 4 aromatic rings. The highest BCUT2D eigenvalue weighted by Crippen LogP contribution is 2.29. The van der Waals surface area contributed by atoms with E-state index in [4.69, 9.17) is 20.3 Å². The quantitative estimate of drug-likeness (QED) is 0.284. The molecule has 2 heterocycles. The molecule has 0 aliphatic heterocycles. The number of ether oxygens (including phenoxy) is 2. The SMILES string of the molecule is COc1cccc(Oc2ncsc2C(=O)NCc2ccc(CN)cc2F)c1.O=C(O)c1ncn[nH]1. The van der Waals surface area contributed by atoms with Crippen LogP contribution < -0.4 is 20.5 Å². The number of carboxylic acid groups (broad SMARTS) is 1. The Morgan fingerprint density at radius 2 is 2.00 bits per heavy atom. The molecule has 4 rings (SSSR count). The Hall–Kier alpha value is -4.36. The van der Waals surface area contributed by atoms with Crippen molar-refractivity contribution in [1.82, 2.24) is 25.5 Å². The Bertz CT molecular complexity index is 1280. The molecule has 182 valence electrons. The second-order valence-electron chi connectivity index (χ2n) is 6.72. The first-order chi connectivity index (χ1) is 16.9. The third kappa shape index (κ3) is 7.06. The number of hydrogen-bond acceptors (Lipinski definition) is 9. The number of nitrogens with zero attached hydrogens (tertiary/aromatic N) is 3. The number of amides is 1. The summed E-state index contributed by atoms with van der Waals surface area (Å²) < 4.78 is 24.9. The van der Waals surface area contributed by atoms with E-state index in [9.17, 15) is 14.0 Å². The number of methoxy groups -OCH3 is 1. The van der Waals surface area contributed by atoms with Crippen molar-refractivity contribution in [3.8, 4) is 17.4 Å². The number of aromatic carboxylic acids is 1. The number of halogens is 1. The summed E-state index contributed by atoms with van der Waals surface area (Å²) in [4.78, 5) is 30.1. The van der Waals surface area contributed by atoms with Crippen molar-refractivity contribution >= 4 is 23.2 Å². The molecule has 0 unspecified atom stereocenters. The molecule has 0 radical (unpaired) electrons. The van der Waals surface area contributed by atoms with Gasteiger partial charge in [-0.15, -0.1) is 11.3 Å². The lowest BCUT2D eigenvalue weighted by molar-refractivity contribution is 0.0683. The van der Waals surface area contributed by atoms with Gasteiger partial charge in [0.05, 0.1) is 12.6 Å². The lowest BCUT2D eigenvalue weighted by atomic mass is 10.1. The number of carbonyl (C=O) groups is 2. The molecule has 0 fully saturated rings. The van der Waals surface area contributed by atoms with Crippen molar-refractivity contribution in [2.75, 3.05) is 7.11 Å². The van der Waals surface area contributed by atoms with Gasteiger partial charge in [0, 0.05) is 24.7 Å². The number of nitrogens with one attached hydrogen (secondary N) is 2. The molecule has 13 heteroatoms. The minimum atomic E-state index is -1.09. The summed E-state index contributed by atoms with van der Waals surface area (Å²) in [6, 6.07) is 11.7. The lowest BCUT2D eigenvalue weighted by Gasteiger charge is -2.09. The van der Waals surface area contributed by atoms with Crippen molar-refractivity contribution in [1.29, 1.82) is 0 Å². The van der Waals surface area contributed by atoms with Crippen molar-refractivity contribution in [2.24, 2.45) is 5.73 Å². The molecule has 0 atom stereocenters. The molecular weight excluding hydrogens is 479 g/mol. The van der Waals surface area contributed by atoms with Gasteiger partial charge in [0.15, 0.2) is 4.88 Å². The fourth-order valence-electron chi connectivity index (χ4n) is 2.66. The Labute approximate surface area is 202 Å². The van der Waals surface area contributed by atoms with Gasteiger partial charge in [0.2, 0.25) is 11.7 Å². The molecule has 0 saturated heterocycles. The fourth-order valence-corrected chi connectivity index (χ4v) is 3.29. The zero-order chi connectivity index (χ0) is 25.2. The van der Waals surface area contributed by atoms with Gasteiger partial charge in [-0.05, 0) is 23.8 Å². The van der Waals surface area contributed by atoms with E-state index in [0.717, 1.165) is 17.7 Å². The highest BCUT2D eigenvalue weighted by atomic mass is 32.1. The summed E-state index contributed by atoms with van der Waals surface area (Å²) in [6.07, 6.45) is 1.14. The Kier molecular flexibility index (Phi) is 8.81. The van der Waals surface area contributed by atoms with E-state index in [2.05, 4.69) is 25.5 Å². The molecule has 1 amide bonds. The number of carboxylic acids is 1. The summed E-state index contributed by atoms with van der Waals surface area (Å²) in [6.45, 7) is 0.307. The molecule has 0 aliphatic carbocycles. The first kappa shape index (κ1) is 25.3. The molecule has 35 heavy (non-hydrogen) atoms. The third-order valence-electron chi connectivity index (χ3n) is 4.41. The standard InChI is InChI=1S/C19H18FN3O3S.C3H3N3O2/c1-25-14-3-2-4-15(8-14)26-19-17(27-11-23-19)18(24)22-10-13-6-5-12(9-21)7-16(13)20;7-3(8)2-4-1-5-6-2/h2-8,11H,9-10,21H2,1H3,(H,22,24);1H,(H,7,8)(H,4,5,6). The number of carbonyl (C=O) groups excluding carboxylic acids is 1. The van der Waals surface area contributed by atoms with Gasteiger partial charge >= 0.3 is 5.97 Å². The monoisotopic (exact) mass is 500 g/mol. The highest BCUT2D eigenvalue weighted by molar-refractivity contribution is 7.12. The van der Waals surface area contributed by atoms with Gasteiger partial charge in [0.25, 0.3) is 5.91 Å². The van der Waals surface area contributed by atoms with Gasteiger partial charge in [-0.3, -0.25) is 9.89 Å². The zero-order valence-corrected chi connectivity index (χ0v) is 19.2. The van der Waals surface area contributed by atoms with Crippen LogP contribution in [-0.2, 0) is 13.1 Å². The summed E-state index contributed by atoms with van der Waals surface area (Å²) in [7, 11) is 1.56. The summed E-state index contributed by atoms with van der Waals surface area (Å²) in [5.74, 6) is -0.715. The van der Waals surface area contributed by atoms with Crippen LogP contribution in [0.4, 0.5) is 4.39 Å². The number of rotatable bonds is 8. The van der Waals surface area contributed by atoms with Gasteiger partial charge in [-0.1, -0.05) is 18.2 Å². The van der Waals surface area contributed by atoms with E-state index >= 15 is 0 Å². The van der Waals surface area contributed by atoms with Crippen LogP contribution in [0.1, 0.15) is 31.4 Å². The molecular formula is C22H21FN6O5S. The Morgan fingerprint density at radius 1 is 1.20 bits per heavy atom. The molecule has 0 bridgehead atoms. The topological polar surface area (TPSA) is 165 Å². The van der Waals surface area contributed by atoms with Gasteiger partial charge in [-0.25, -0.2) is 19.2 Å². The van der Waals surface area contributed by atoms with E-state index in [1.807, 2.05) is 0 Å². The van der Waals surface area contributed by atoms with E-state index in [1.165, 1.54) is 11.6 Å². The summed E-state index contributed by atoms with van der Waals surface area (Å²) in [5, 5.41) is 16.3. The van der Waals surface area contributed by atoms with Crippen molar-refractivity contribution in [3.63, 3.8) is 0 Å². The molecule has 0 aliphatic rings. The van der Waals surface area contributed by atoms with Gasteiger partial charge in [0.1, 0.15) is 23.6 Å². The normalized spacial score (nSPS) is 10.1. The largest absolute Gasteiger partial charge is 0.497 e. The number of aromatic amines is 1. The van der Waals surface area contributed by atoms with Crippen molar-refractivity contribution in [3.05, 3.63) is 81.9 Å². The smallest absolute Gasteiger partial charge is 0.373 e. The Morgan fingerprint density at radius 3 is 2.63 bits per heavy atom. The highest BCUT2D eigenvalue weighted by Gasteiger charge is 2.17. The van der Waals surface area contributed by atoms with Crippen molar-refractivity contribution in [2.45, 2.75) is 13.1 Å². The minimum Gasteiger partial charge on any atom is -0.497 e. The average molecular weight is 501 g/mol. The summed E-state index contributed by atoms with van der Waals surface area (Å²) >= 11 is 1.14. The molecule has 0 saturated carbocycles. The van der Waals surface area contributed by atoms with Crippen LogP contribution in [0.5, 0.6) is 17.4 Å². The molecule has 2 aromatic heterocycles. The van der Waals surface area contributed by atoms with Crippen LogP contribution in [0.25, 0.3) is 0 Å². The van der Waals surface area contributed by atoms with Crippen LogP contribution in [0, 0.1) is 5.82 Å². The number of hydrogen-bond donors (Lipinski definition) is 4. The Balaban J connectivity index is 0.000000363. The van der Waals surface area contributed by atoms with E-state index in [-0.39, 0.29) is 24.8 Å². The number of benzene rings is 2. The summed E-state index contributed by atoms with van der Waals surface area (Å²) in [5.41, 5.74) is 8.07. The lowest BCUT2D eigenvalue weighted by Crippen LogP contribution is -2.23. The molecule has 5 N–H and O–H groups in total. The van der Waals surface area contributed by atoms with Crippen LogP contribution in [-0.4, -0.2) is 44.3 Å². The number of thiazole rings is 1. The van der Waals surface area contributed by atoms with Crippen LogP contribution in [0.2, 0.25) is 0 Å². The first-order valence-corrected chi connectivity index (χ1v) is 10.9. The maximum atomic E-state index is 14.0. The molecule has 0 spiro atoms. The predicted molar refractivity (Wildman–Crippen MR) is 124 cm³/mol. The minimum absolute atomic E-state index is 0.0476. The van der Waals surface area contributed by atoms with Crippen LogP contribution in [0.3, 0.4) is 0 Å². The van der Waals surface area contributed by atoms with E-state index in [1.54, 1.807) is 43.5 Å².